The van der Waals surface area contributed by atoms with Crippen LogP contribution in [0.3, 0.4) is 0 Å². The molecule has 0 aliphatic heterocycles. The Morgan fingerprint density at radius 1 is 0.365 bits per heavy atom. The predicted molar refractivity (Wildman–Crippen MR) is 225 cm³/mol. The molecule has 1 heteroatoms. The highest BCUT2D eigenvalue weighted by molar-refractivity contribution is 6.13. The molecule has 250 valence electrons. The molecule has 9 aromatic rings. The van der Waals surface area contributed by atoms with E-state index in [1.165, 1.54) is 82.0 Å². The van der Waals surface area contributed by atoms with Gasteiger partial charge in [0.05, 0.1) is 5.54 Å². The molecule has 0 saturated carbocycles. The zero-order chi connectivity index (χ0) is 35.1. The van der Waals surface area contributed by atoms with Crippen LogP contribution < -0.4 is 5.32 Å². The minimum Gasteiger partial charge on any atom is -0.376 e. The van der Waals surface area contributed by atoms with Crippen molar-refractivity contribution in [2.24, 2.45) is 0 Å². The third kappa shape index (κ3) is 5.50. The highest BCUT2D eigenvalue weighted by atomic mass is 15.0. The van der Waals surface area contributed by atoms with Crippen molar-refractivity contribution in [2.75, 3.05) is 5.32 Å². The van der Waals surface area contributed by atoms with E-state index in [9.17, 15) is 0 Å². The van der Waals surface area contributed by atoms with Crippen LogP contribution in [0.2, 0.25) is 0 Å². The summed E-state index contributed by atoms with van der Waals surface area (Å²) in [6.07, 6.45) is 1.96. The largest absolute Gasteiger partial charge is 0.376 e. The average molecular weight is 668 g/mol. The molecule has 0 bridgehead atoms. The lowest BCUT2D eigenvalue weighted by Gasteiger charge is -2.35. The summed E-state index contributed by atoms with van der Waals surface area (Å²) in [6.45, 7) is 4.58. The number of rotatable bonds is 8. The molecule has 0 spiro atoms. The molecule has 0 radical (unpaired) electrons. The maximum atomic E-state index is 3.97. The molecule has 1 N–H and O–H groups in total. The molecule has 0 aliphatic rings. The van der Waals surface area contributed by atoms with Crippen molar-refractivity contribution >= 4 is 48.8 Å². The number of hydrogen-bond donors (Lipinski definition) is 1. The first-order chi connectivity index (χ1) is 25.6. The molecule has 1 nitrogen and oxygen atoms in total. The fourth-order valence-corrected chi connectivity index (χ4v) is 8.36. The second kappa shape index (κ2) is 13.2. The number of nitrogens with one attached hydrogen (secondary N) is 1. The van der Waals surface area contributed by atoms with Crippen molar-refractivity contribution in [3.8, 4) is 33.4 Å². The first kappa shape index (κ1) is 31.8. The van der Waals surface area contributed by atoms with Gasteiger partial charge in [0.1, 0.15) is 0 Å². The third-order valence-electron chi connectivity index (χ3n) is 11.3. The standard InChI is InChI=1S/C51H41N/c1-3-51(4-2,43-29-25-38(26-30-43)50-47-19-11-7-15-41(47)34-42-16-8-12-20-48(42)50)52-44-31-27-36(28-32-44)35-21-23-37(24-22-35)49-45-17-9-5-13-39(45)33-40-14-6-10-18-46(40)49/h5-34,52H,3-4H2,1-2H3. The second-order valence-electron chi connectivity index (χ2n) is 14.0. The van der Waals surface area contributed by atoms with Gasteiger partial charge < -0.3 is 5.32 Å². The van der Waals surface area contributed by atoms with E-state index in [1.807, 2.05) is 0 Å². The lowest BCUT2D eigenvalue weighted by molar-refractivity contribution is 0.455. The molecular formula is C51H41N. The Kier molecular flexibility index (Phi) is 8.05. The van der Waals surface area contributed by atoms with E-state index in [1.54, 1.807) is 0 Å². The smallest absolute Gasteiger partial charge is 0.0620 e. The van der Waals surface area contributed by atoms with E-state index in [2.05, 4.69) is 201 Å². The molecule has 9 aromatic carbocycles. The zero-order valence-corrected chi connectivity index (χ0v) is 29.7. The topological polar surface area (TPSA) is 12.0 Å². The summed E-state index contributed by atoms with van der Waals surface area (Å²) >= 11 is 0. The number of anilines is 1. The van der Waals surface area contributed by atoms with Gasteiger partial charge in [0.2, 0.25) is 0 Å². The SMILES string of the molecule is CCC(CC)(Nc1ccc(-c2ccc(-c3c4ccccc4cc4ccccc34)cc2)cc1)c1ccc(-c2c3ccccc3cc3ccccc23)cc1. The van der Waals surface area contributed by atoms with Crippen molar-refractivity contribution in [3.63, 3.8) is 0 Å². The highest BCUT2D eigenvalue weighted by Crippen LogP contribution is 2.40. The van der Waals surface area contributed by atoms with Gasteiger partial charge in [-0.15, -0.1) is 0 Å². The summed E-state index contributed by atoms with van der Waals surface area (Å²) < 4.78 is 0. The Hall–Kier alpha value is -6.18. The quantitative estimate of drug-likeness (QED) is 0.159. The van der Waals surface area contributed by atoms with E-state index in [0.717, 1.165) is 18.5 Å². The average Bonchev–Trinajstić information content (AvgIpc) is 3.21. The van der Waals surface area contributed by atoms with Crippen LogP contribution in [0.5, 0.6) is 0 Å². The molecule has 0 unspecified atom stereocenters. The van der Waals surface area contributed by atoms with Gasteiger partial charge in [0.15, 0.2) is 0 Å². The maximum absolute atomic E-state index is 3.97. The maximum Gasteiger partial charge on any atom is 0.0620 e. The van der Waals surface area contributed by atoms with E-state index in [4.69, 9.17) is 0 Å². The van der Waals surface area contributed by atoms with Crippen LogP contribution in [-0.2, 0) is 5.54 Å². The van der Waals surface area contributed by atoms with Gasteiger partial charge in [0.25, 0.3) is 0 Å². The Bertz CT molecular complexity index is 2590. The molecular weight excluding hydrogens is 627 g/mol. The molecule has 0 aliphatic carbocycles. The molecule has 0 atom stereocenters. The van der Waals surface area contributed by atoms with Crippen molar-refractivity contribution in [2.45, 2.75) is 32.2 Å². The van der Waals surface area contributed by atoms with Crippen LogP contribution in [0.1, 0.15) is 32.3 Å². The first-order valence-electron chi connectivity index (χ1n) is 18.5. The number of benzene rings is 9. The minimum absolute atomic E-state index is 0.177. The summed E-state index contributed by atoms with van der Waals surface area (Å²) in [5.41, 5.74) is 9.80. The summed E-state index contributed by atoms with van der Waals surface area (Å²) in [5, 5.41) is 14.2. The molecule has 0 amide bonds. The van der Waals surface area contributed by atoms with Gasteiger partial charge >= 0.3 is 0 Å². The highest BCUT2D eigenvalue weighted by Gasteiger charge is 2.28. The van der Waals surface area contributed by atoms with Gasteiger partial charge in [-0.1, -0.05) is 172 Å². The van der Waals surface area contributed by atoms with Gasteiger partial charge in [-0.25, -0.2) is 0 Å². The van der Waals surface area contributed by atoms with Gasteiger partial charge in [0, 0.05) is 5.69 Å². The third-order valence-corrected chi connectivity index (χ3v) is 11.3. The summed E-state index contributed by atoms with van der Waals surface area (Å²) in [6, 6.07) is 66.9. The Morgan fingerprint density at radius 3 is 1.08 bits per heavy atom. The lowest BCUT2D eigenvalue weighted by atomic mass is 9.83. The van der Waals surface area contributed by atoms with E-state index < -0.39 is 0 Å². The predicted octanol–water partition coefficient (Wildman–Crippen LogP) is 14.4. The fourth-order valence-electron chi connectivity index (χ4n) is 8.36. The number of hydrogen-bond acceptors (Lipinski definition) is 1. The molecule has 9 rings (SSSR count). The molecule has 0 heterocycles. The second-order valence-corrected chi connectivity index (χ2v) is 14.0. The Labute approximate surface area is 306 Å². The molecule has 0 aromatic heterocycles. The fraction of sp³-hybridized carbons (Fsp3) is 0.0980. The summed E-state index contributed by atoms with van der Waals surface area (Å²) in [7, 11) is 0. The van der Waals surface area contributed by atoms with Crippen LogP contribution >= 0.6 is 0 Å². The van der Waals surface area contributed by atoms with E-state index in [0.29, 0.717) is 0 Å². The normalized spacial score (nSPS) is 11.8. The summed E-state index contributed by atoms with van der Waals surface area (Å²) in [4.78, 5) is 0. The number of fused-ring (bicyclic) bond motifs is 4. The van der Waals surface area contributed by atoms with Gasteiger partial charge in [-0.05, 0) is 119 Å². The van der Waals surface area contributed by atoms with Crippen LogP contribution in [0.25, 0.3) is 76.5 Å². The van der Waals surface area contributed by atoms with Crippen molar-refractivity contribution < 1.29 is 0 Å². The minimum atomic E-state index is -0.177. The monoisotopic (exact) mass is 667 g/mol. The van der Waals surface area contributed by atoms with Crippen molar-refractivity contribution in [1.29, 1.82) is 0 Å². The Morgan fingerprint density at radius 2 is 0.692 bits per heavy atom. The van der Waals surface area contributed by atoms with Crippen molar-refractivity contribution in [3.05, 3.63) is 188 Å². The first-order valence-corrected chi connectivity index (χ1v) is 18.5. The molecule has 52 heavy (non-hydrogen) atoms. The van der Waals surface area contributed by atoms with Crippen LogP contribution in [0.4, 0.5) is 5.69 Å². The van der Waals surface area contributed by atoms with E-state index >= 15 is 0 Å². The summed E-state index contributed by atoms with van der Waals surface area (Å²) in [5.74, 6) is 0. The van der Waals surface area contributed by atoms with Gasteiger partial charge in [-0.3, -0.25) is 0 Å². The molecule has 0 saturated heterocycles. The van der Waals surface area contributed by atoms with Crippen LogP contribution in [-0.4, -0.2) is 0 Å². The van der Waals surface area contributed by atoms with Crippen molar-refractivity contribution in [1.82, 2.24) is 0 Å². The zero-order valence-electron chi connectivity index (χ0n) is 29.7. The van der Waals surface area contributed by atoms with Crippen LogP contribution in [0.15, 0.2) is 182 Å². The Balaban J connectivity index is 0.996. The van der Waals surface area contributed by atoms with Gasteiger partial charge in [-0.2, -0.15) is 0 Å². The van der Waals surface area contributed by atoms with E-state index in [-0.39, 0.29) is 5.54 Å². The van der Waals surface area contributed by atoms with Crippen LogP contribution in [0, 0.1) is 0 Å². The lowest BCUT2D eigenvalue weighted by Crippen LogP contribution is -2.34. The molecule has 0 fully saturated rings.